The molecule has 2 amide bonds. The Morgan fingerprint density at radius 1 is 1.03 bits per heavy atom. The van der Waals surface area contributed by atoms with Gasteiger partial charge in [0.1, 0.15) is 5.54 Å². The number of aliphatic imine (C=N–C) groups is 1. The van der Waals surface area contributed by atoms with Crippen LogP contribution in [0.15, 0.2) is 71.7 Å². The third-order valence-electron chi connectivity index (χ3n) is 7.02. The second-order valence-corrected chi connectivity index (χ2v) is 10.4. The Balaban J connectivity index is 2.79. The molecule has 0 heterocycles. The molecule has 37 heavy (non-hydrogen) atoms. The van der Waals surface area contributed by atoms with Crippen molar-refractivity contribution in [2.24, 2.45) is 10.4 Å². The van der Waals surface area contributed by atoms with E-state index in [1.54, 1.807) is 4.90 Å². The predicted octanol–water partition coefficient (Wildman–Crippen LogP) is 6.82. The normalized spacial score (nSPS) is 14.1. The van der Waals surface area contributed by atoms with Gasteiger partial charge in [0, 0.05) is 12.6 Å². The fraction of sp³-hybridized carbons (Fsp3) is 0.469. The molecule has 5 heteroatoms. The van der Waals surface area contributed by atoms with E-state index in [0.29, 0.717) is 13.1 Å². The van der Waals surface area contributed by atoms with Crippen LogP contribution in [0.1, 0.15) is 83.9 Å². The molecule has 1 N–H and O–H groups in total. The molecule has 2 aromatic rings. The van der Waals surface area contributed by atoms with Gasteiger partial charge in [-0.3, -0.25) is 14.6 Å². The van der Waals surface area contributed by atoms with Crippen LogP contribution in [0.25, 0.3) is 0 Å². The molecule has 0 aliphatic heterocycles. The van der Waals surface area contributed by atoms with Crippen molar-refractivity contribution in [1.29, 1.82) is 0 Å². The maximum absolute atomic E-state index is 14.4. The molecule has 5 nitrogen and oxygen atoms in total. The van der Waals surface area contributed by atoms with Gasteiger partial charge in [-0.05, 0) is 63.4 Å². The van der Waals surface area contributed by atoms with E-state index in [0.717, 1.165) is 42.4 Å². The summed E-state index contributed by atoms with van der Waals surface area (Å²) in [7, 11) is 0. The van der Waals surface area contributed by atoms with Gasteiger partial charge in [0.05, 0.1) is 12.0 Å². The van der Waals surface area contributed by atoms with Gasteiger partial charge in [0.15, 0.2) is 0 Å². The van der Waals surface area contributed by atoms with E-state index in [4.69, 9.17) is 0 Å². The van der Waals surface area contributed by atoms with Gasteiger partial charge in [0.2, 0.25) is 5.91 Å². The van der Waals surface area contributed by atoms with Crippen molar-refractivity contribution in [2.45, 2.75) is 91.9 Å². The Morgan fingerprint density at radius 2 is 1.68 bits per heavy atom. The SMILES string of the molecule is C=NCc1ccccc1C(C)(C(=O)NC(CC)CCC)N(Cc1ccccc1)C(=O)C(C)(C)/C=C\CC. The number of amides is 2. The van der Waals surface area contributed by atoms with E-state index in [1.807, 2.05) is 94.4 Å². The second-order valence-electron chi connectivity index (χ2n) is 10.4. The Bertz CT molecular complexity index is 1060. The molecule has 0 aliphatic rings. The number of nitrogens with zero attached hydrogens (tertiary/aromatic N) is 2. The third kappa shape index (κ3) is 7.41. The number of rotatable bonds is 14. The molecule has 2 atom stereocenters. The molecular formula is C32H45N3O2. The number of carbonyl (C=O) groups is 2. The Hall–Kier alpha value is -3.21. The zero-order chi connectivity index (χ0) is 27.5. The minimum Gasteiger partial charge on any atom is -0.351 e. The summed E-state index contributed by atoms with van der Waals surface area (Å²) < 4.78 is 0. The number of carbonyl (C=O) groups excluding carboxylic acids is 2. The lowest BCUT2D eigenvalue weighted by Crippen LogP contribution is -2.60. The molecule has 0 aromatic heterocycles. The monoisotopic (exact) mass is 503 g/mol. The summed E-state index contributed by atoms with van der Waals surface area (Å²) in [6, 6.07) is 17.7. The molecule has 0 spiro atoms. The maximum Gasteiger partial charge on any atom is 0.250 e. The molecule has 0 radical (unpaired) electrons. The zero-order valence-corrected chi connectivity index (χ0v) is 23.6. The molecular weight excluding hydrogens is 458 g/mol. The topological polar surface area (TPSA) is 61.8 Å². The molecule has 0 aliphatic carbocycles. The summed E-state index contributed by atoms with van der Waals surface area (Å²) in [6.45, 7) is 16.3. The van der Waals surface area contributed by atoms with Gasteiger partial charge >= 0.3 is 0 Å². The fourth-order valence-corrected chi connectivity index (χ4v) is 4.73. The Kier molecular flexibility index (Phi) is 11.3. The summed E-state index contributed by atoms with van der Waals surface area (Å²) in [5.41, 5.74) is 0.542. The van der Waals surface area contributed by atoms with Crippen LogP contribution in [0.5, 0.6) is 0 Å². The average molecular weight is 504 g/mol. The van der Waals surface area contributed by atoms with Gasteiger partial charge < -0.3 is 10.2 Å². The van der Waals surface area contributed by atoms with Crippen LogP contribution in [0.3, 0.4) is 0 Å². The van der Waals surface area contributed by atoms with Crippen LogP contribution in [0, 0.1) is 5.41 Å². The highest BCUT2D eigenvalue weighted by Crippen LogP contribution is 2.37. The molecule has 0 bridgehead atoms. The van der Waals surface area contributed by atoms with Gasteiger partial charge in [-0.2, -0.15) is 0 Å². The second kappa shape index (κ2) is 13.9. The van der Waals surface area contributed by atoms with E-state index in [2.05, 4.69) is 30.9 Å². The number of nitrogens with one attached hydrogen (secondary N) is 1. The van der Waals surface area contributed by atoms with Gasteiger partial charge in [-0.1, -0.05) is 93.9 Å². The van der Waals surface area contributed by atoms with Crippen molar-refractivity contribution in [3.05, 3.63) is 83.4 Å². The predicted molar refractivity (Wildman–Crippen MR) is 154 cm³/mol. The first-order valence-electron chi connectivity index (χ1n) is 13.5. The van der Waals surface area contributed by atoms with Crippen molar-refractivity contribution in [1.82, 2.24) is 10.2 Å². The first-order valence-corrected chi connectivity index (χ1v) is 13.5. The van der Waals surface area contributed by atoms with Crippen LogP contribution >= 0.6 is 0 Å². The highest BCUT2D eigenvalue weighted by Gasteiger charge is 2.48. The van der Waals surface area contributed by atoms with Crippen molar-refractivity contribution >= 4 is 18.5 Å². The van der Waals surface area contributed by atoms with E-state index < -0.39 is 11.0 Å². The lowest BCUT2D eigenvalue weighted by molar-refractivity contribution is -0.154. The average Bonchev–Trinajstić information content (AvgIpc) is 2.90. The molecule has 0 saturated heterocycles. The molecule has 0 fully saturated rings. The van der Waals surface area contributed by atoms with E-state index in [9.17, 15) is 9.59 Å². The summed E-state index contributed by atoms with van der Waals surface area (Å²) in [6.07, 6.45) is 7.47. The van der Waals surface area contributed by atoms with E-state index >= 15 is 0 Å². The van der Waals surface area contributed by atoms with Gasteiger partial charge in [-0.15, -0.1) is 0 Å². The van der Waals surface area contributed by atoms with Gasteiger partial charge in [0.25, 0.3) is 5.91 Å². The summed E-state index contributed by atoms with van der Waals surface area (Å²) in [4.78, 5) is 34.7. The highest BCUT2D eigenvalue weighted by molar-refractivity contribution is 5.95. The van der Waals surface area contributed by atoms with Crippen LogP contribution in [0.4, 0.5) is 0 Å². The quantitative estimate of drug-likeness (QED) is 0.227. The summed E-state index contributed by atoms with van der Waals surface area (Å²) >= 11 is 0. The molecule has 0 saturated carbocycles. The first-order chi connectivity index (χ1) is 17.6. The standard InChI is InChI=1S/C32H45N3O2/c1-8-11-22-31(4,5)30(37)35(24-25-18-13-12-14-19-25)32(6,29(36)34-27(10-3)17-9-2)28-21-16-15-20-26(28)23-33-7/h11-16,18-22,27H,7-10,17,23-24H2,1-6H3,(H,34,36)/b22-11-. The first kappa shape index (κ1) is 30.0. The lowest BCUT2D eigenvalue weighted by atomic mass is 9.81. The lowest BCUT2D eigenvalue weighted by Gasteiger charge is -2.44. The molecule has 2 aromatic carbocycles. The minimum atomic E-state index is -1.27. The van der Waals surface area contributed by atoms with Crippen LogP contribution in [0.2, 0.25) is 0 Å². The van der Waals surface area contributed by atoms with E-state index in [1.165, 1.54) is 0 Å². The molecule has 200 valence electrons. The fourth-order valence-electron chi connectivity index (χ4n) is 4.73. The number of benzene rings is 2. The van der Waals surface area contributed by atoms with Gasteiger partial charge in [-0.25, -0.2) is 0 Å². The van der Waals surface area contributed by atoms with Crippen LogP contribution in [-0.2, 0) is 28.2 Å². The van der Waals surface area contributed by atoms with Crippen molar-refractivity contribution in [3.63, 3.8) is 0 Å². The largest absolute Gasteiger partial charge is 0.351 e. The summed E-state index contributed by atoms with van der Waals surface area (Å²) in [5, 5.41) is 3.29. The molecule has 2 rings (SSSR count). The van der Waals surface area contributed by atoms with Crippen LogP contribution in [-0.4, -0.2) is 29.5 Å². The number of allylic oxidation sites excluding steroid dienone is 1. The number of hydrogen-bond acceptors (Lipinski definition) is 3. The Labute approximate surface area is 224 Å². The maximum atomic E-state index is 14.4. The third-order valence-corrected chi connectivity index (χ3v) is 7.02. The summed E-state index contributed by atoms with van der Waals surface area (Å²) in [5.74, 6) is -0.285. The van der Waals surface area contributed by atoms with Crippen molar-refractivity contribution in [2.75, 3.05) is 0 Å². The minimum absolute atomic E-state index is 0.0307. The molecule has 2 unspecified atom stereocenters. The van der Waals surface area contributed by atoms with Crippen molar-refractivity contribution < 1.29 is 9.59 Å². The zero-order valence-electron chi connectivity index (χ0n) is 23.6. The van der Waals surface area contributed by atoms with E-state index in [-0.39, 0.29) is 17.9 Å². The van der Waals surface area contributed by atoms with Crippen molar-refractivity contribution in [3.8, 4) is 0 Å². The number of hydrogen-bond donors (Lipinski definition) is 1. The highest BCUT2D eigenvalue weighted by atomic mass is 16.2. The Morgan fingerprint density at radius 3 is 2.27 bits per heavy atom. The van der Waals surface area contributed by atoms with Crippen LogP contribution < -0.4 is 5.32 Å². The smallest absolute Gasteiger partial charge is 0.250 e.